The zero-order valence-electron chi connectivity index (χ0n) is 19.1. The van der Waals surface area contributed by atoms with Crippen LogP contribution in [-0.4, -0.2) is 36.2 Å². The molecule has 2 heterocycles. The average molecular weight is 463 g/mol. The topological polar surface area (TPSA) is 83.6 Å². The highest BCUT2D eigenvalue weighted by atomic mass is 19.1. The molecule has 3 aromatic rings. The van der Waals surface area contributed by atoms with Crippen LogP contribution in [0.3, 0.4) is 0 Å². The number of rotatable bonds is 8. The molecule has 0 bridgehead atoms. The van der Waals surface area contributed by atoms with Crippen molar-refractivity contribution in [3.63, 3.8) is 0 Å². The van der Waals surface area contributed by atoms with Crippen LogP contribution in [0.5, 0.6) is 0 Å². The van der Waals surface area contributed by atoms with Crippen molar-refractivity contribution in [2.75, 3.05) is 18.0 Å². The Labute approximate surface area is 198 Å². The summed E-state index contributed by atoms with van der Waals surface area (Å²) in [6, 6.07) is 16.5. The Balaban J connectivity index is 1.41. The van der Waals surface area contributed by atoms with Gasteiger partial charge in [-0.2, -0.15) is 0 Å². The second kappa shape index (κ2) is 10.4. The summed E-state index contributed by atoms with van der Waals surface area (Å²) in [5.41, 5.74) is 3.88. The number of amides is 2. The number of halogens is 1. The van der Waals surface area contributed by atoms with Gasteiger partial charge in [-0.05, 0) is 53.9 Å². The van der Waals surface area contributed by atoms with Crippen LogP contribution in [0.15, 0.2) is 67.0 Å². The third kappa shape index (κ3) is 5.58. The molecule has 1 saturated heterocycles. The second-order valence-electron chi connectivity index (χ2n) is 8.30. The van der Waals surface area contributed by atoms with Crippen LogP contribution in [0.2, 0.25) is 0 Å². The summed E-state index contributed by atoms with van der Waals surface area (Å²) >= 11 is 0. The summed E-state index contributed by atoms with van der Waals surface area (Å²) in [6.07, 6.45) is 2.51. The van der Waals surface area contributed by atoms with Crippen LogP contribution in [-0.2, 0) is 16.1 Å². The standard InChI is InChI=1S/C26H27FN4O3/c1-17(29-14-19-9-11-28-12-10-19)20-3-5-21(6-4-20)24-8-7-22(13-25(24)27)31-16-23(34-26(31)33)15-30-18(2)32/h3-13,17,23,29H,14-16H2,1-2H3,(H,30,32)/t17-,23+/m1/s1. The van der Waals surface area contributed by atoms with Gasteiger partial charge in [-0.15, -0.1) is 0 Å². The lowest BCUT2D eigenvalue weighted by Crippen LogP contribution is -2.33. The highest BCUT2D eigenvalue weighted by Crippen LogP contribution is 2.30. The molecule has 1 aromatic heterocycles. The van der Waals surface area contributed by atoms with Gasteiger partial charge in [0.05, 0.1) is 18.8 Å². The SMILES string of the molecule is CC(=O)NC[C@H]1CN(c2ccc(-c3ccc([C@@H](C)NCc4ccncc4)cc3)c(F)c2)C(=O)O1. The molecule has 4 rings (SSSR count). The maximum absolute atomic E-state index is 15.0. The fraction of sp³-hybridized carbons (Fsp3) is 0.269. The van der Waals surface area contributed by atoms with E-state index in [0.29, 0.717) is 11.3 Å². The van der Waals surface area contributed by atoms with Crippen LogP contribution in [0.25, 0.3) is 11.1 Å². The Bertz CT molecular complexity index is 1150. The molecule has 2 aromatic carbocycles. The summed E-state index contributed by atoms with van der Waals surface area (Å²) in [6.45, 7) is 4.68. The Hall–Kier alpha value is -3.78. The molecule has 0 spiro atoms. The number of cyclic esters (lactones) is 1. The molecule has 1 fully saturated rings. The van der Waals surface area contributed by atoms with E-state index >= 15 is 0 Å². The van der Waals surface area contributed by atoms with Crippen LogP contribution in [0, 0.1) is 5.82 Å². The van der Waals surface area contributed by atoms with Crippen molar-refractivity contribution in [2.45, 2.75) is 32.5 Å². The number of anilines is 1. The van der Waals surface area contributed by atoms with Gasteiger partial charge in [0.15, 0.2) is 0 Å². The van der Waals surface area contributed by atoms with E-state index in [1.165, 1.54) is 17.9 Å². The number of pyridine rings is 1. The van der Waals surface area contributed by atoms with Gasteiger partial charge in [0.25, 0.3) is 0 Å². The summed E-state index contributed by atoms with van der Waals surface area (Å²) in [4.78, 5) is 28.7. The third-order valence-corrected chi connectivity index (χ3v) is 5.80. The molecule has 1 aliphatic heterocycles. The maximum atomic E-state index is 15.0. The third-order valence-electron chi connectivity index (χ3n) is 5.80. The minimum atomic E-state index is -0.555. The number of hydrogen-bond donors (Lipinski definition) is 2. The second-order valence-corrected chi connectivity index (χ2v) is 8.30. The van der Waals surface area contributed by atoms with Crippen molar-refractivity contribution in [2.24, 2.45) is 0 Å². The first kappa shape index (κ1) is 23.4. The number of nitrogens with one attached hydrogen (secondary N) is 2. The zero-order chi connectivity index (χ0) is 24.1. The summed E-state index contributed by atoms with van der Waals surface area (Å²) in [7, 11) is 0. The van der Waals surface area contributed by atoms with Gasteiger partial charge in [0.1, 0.15) is 11.9 Å². The number of benzene rings is 2. The Morgan fingerprint density at radius 1 is 1.18 bits per heavy atom. The van der Waals surface area contributed by atoms with Crippen molar-refractivity contribution < 1.29 is 18.7 Å². The van der Waals surface area contributed by atoms with E-state index in [1.807, 2.05) is 36.4 Å². The van der Waals surface area contributed by atoms with Gasteiger partial charge in [-0.25, -0.2) is 9.18 Å². The van der Waals surface area contributed by atoms with Crippen molar-refractivity contribution in [3.05, 3.63) is 83.9 Å². The number of carbonyl (C=O) groups is 2. The molecule has 2 N–H and O–H groups in total. The Morgan fingerprint density at radius 2 is 1.91 bits per heavy atom. The molecule has 0 aliphatic carbocycles. The fourth-order valence-corrected chi connectivity index (χ4v) is 3.84. The molecular weight excluding hydrogens is 435 g/mol. The summed E-state index contributed by atoms with van der Waals surface area (Å²) in [5, 5.41) is 6.10. The lowest BCUT2D eigenvalue weighted by atomic mass is 10.0. The van der Waals surface area contributed by atoms with Gasteiger partial charge in [-0.1, -0.05) is 24.3 Å². The van der Waals surface area contributed by atoms with Gasteiger partial charge >= 0.3 is 6.09 Å². The van der Waals surface area contributed by atoms with Crippen LogP contribution in [0.1, 0.15) is 31.0 Å². The van der Waals surface area contributed by atoms with E-state index in [0.717, 1.165) is 23.2 Å². The highest BCUT2D eigenvalue weighted by Gasteiger charge is 2.32. The lowest BCUT2D eigenvalue weighted by Gasteiger charge is -2.16. The predicted octanol–water partition coefficient (Wildman–Crippen LogP) is 4.20. The molecule has 8 heteroatoms. The van der Waals surface area contributed by atoms with Gasteiger partial charge in [0, 0.05) is 37.5 Å². The largest absolute Gasteiger partial charge is 0.442 e. The van der Waals surface area contributed by atoms with Gasteiger partial charge < -0.3 is 15.4 Å². The van der Waals surface area contributed by atoms with Crippen LogP contribution >= 0.6 is 0 Å². The first-order valence-corrected chi connectivity index (χ1v) is 11.2. The number of nitrogens with zero attached hydrogens (tertiary/aromatic N) is 2. The van der Waals surface area contributed by atoms with E-state index in [4.69, 9.17) is 4.74 Å². The smallest absolute Gasteiger partial charge is 0.414 e. The predicted molar refractivity (Wildman–Crippen MR) is 128 cm³/mol. The average Bonchev–Trinajstić information content (AvgIpc) is 3.22. The van der Waals surface area contributed by atoms with Crippen molar-refractivity contribution in [1.29, 1.82) is 0 Å². The van der Waals surface area contributed by atoms with E-state index < -0.39 is 18.0 Å². The van der Waals surface area contributed by atoms with Gasteiger partial charge in [0.2, 0.25) is 5.91 Å². The normalized spacial score (nSPS) is 16.3. The molecular formula is C26H27FN4O3. The zero-order valence-corrected chi connectivity index (χ0v) is 19.1. The minimum Gasteiger partial charge on any atom is -0.442 e. The Morgan fingerprint density at radius 3 is 2.59 bits per heavy atom. The van der Waals surface area contributed by atoms with E-state index in [2.05, 4.69) is 22.5 Å². The number of carbonyl (C=O) groups excluding carboxylic acids is 2. The summed E-state index contributed by atoms with van der Waals surface area (Å²) < 4.78 is 20.2. The summed E-state index contributed by atoms with van der Waals surface area (Å²) in [5.74, 6) is -0.623. The monoisotopic (exact) mass is 462 g/mol. The van der Waals surface area contributed by atoms with Crippen LogP contribution < -0.4 is 15.5 Å². The molecule has 2 amide bonds. The van der Waals surface area contributed by atoms with Crippen molar-refractivity contribution in [3.8, 4) is 11.1 Å². The number of hydrogen-bond acceptors (Lipinski definition) is 5. The molecule has 7 nitrogen and oxygen atoms in total. The first-order chi connectivity index (χ1) is 16.4. The molecule has 0 unspecified atom stereocenters. The lowest BCUT2D eigenvalue weighted by molar-refractivity contribution is -0.119. The fourth-order valence-electron chi connectivity index (χ4n) is 3.84. The van der Waals surface area contributed by atoms with E-state index in [1.54, 1.807) is 24.5 Å². The van der Waals surface area contributed by atoms with E-state index in [-0.39, 0.29) is 25.0 Å². The number of ether oxygens (including phenoxy) is 1. The highest BCUT2D eigenvalue weighted by molar-refractivity contribution is 5.90. The Kier molecular flexibility index (Phi) is 7.18. The molecule has 2 atom stereocenters. The quantitative estimate of drug-likeness (QED) is 0.524. The molecule has 0 saturated carbocycles. The maximum Gasteiger partial charge on any atom is 0.414 e. The molecule has 34 heavy (non-hydrogen) atoms. The van der Waals surface area contributed by atoms with Crippen LogP contribution in [0.4, 0.5) is 14.9 Å². The van der Waals surface area contributed by atoms with Crippen molar-refractivity contribution >= 4 is 17.7 Å². The molecule has 1 aliphatic rings. The van der Waals surface area contributed by atoms with Gasteiger partial charge in [-0.3, -0.25) is 14.7 Å². The molecule has 0 radical (unpaired) electrons. The minimum absolute atomic E-state index is 0.126. The molecule has 176 valence electrons. The first-order valence-electron chi connectivity index (χ1n) is 11.2. The van der Waals surface area contributed by atoms with E-state index in [9.17, 15) is 14.0 Å². The van der Waals surface area contributed by atoms with Crippen molar-refractivity contribution in [1.82, 2.24) is 15.6 Å². The number of aromatic nitrogens is 1.